The predicted molar refractivity (Wildman–Crippen MR) is 111 cm³/mol. The van der Waals surface area contributed by atoms with E-state index < -0.39 is 12.1 Å². The number of amides is 3. The minimum atomic E-state index is -0.584. The quantitative estimate of drug-likeness (QED) is 0.631. The Balaban J connectivity index is 0.00000136. The summed E-state index contributed by atoms with van der Waals surface area (Å²) < 4.78 is 0.934. The molecule has 0 aliphatic carbocycles. The molecule has 2 aliphatic heterocycles. The number of nitrogens with zero attached hydrogens (tertiary/aromatic N) is 1. The first kappa shape index (κ1) is 22.4. The third-order valence-electron chi connectivity index (χ3n) is 5.08. The zero-order valence-electron chi connectivity index (χ0n) is 16.4. The molecule has 0 radical (unpaired) electrons. The predicted octanol–water partition coefficient (Wildman–Crippen LogP) is 1.69. The minimum Gasteiger partial charge on any atom is -0.350 e. The van der Waals surface area contributed by atoms with Crippen molar-refractivity contribution in [2.45, 2.75) is 64.2 Å². The van der Waals surface area contributed by atoms with Crippen LogP contribution in [-0.4, -0.2) is 47.3 Å². The Morgan fingerprint density at radius 3 is 2.54 bits per heavy atom. The van der Waals surface area contributed by atoms with E-state index in [1.807, 2.05) is 38.1 Å². The maximum atomic E-state index is 12.8. The van der Waals surface area contributed by atoms with E-state index in [1.54, 1.807) is 4.90 Å². The Labute approximate surface area is 174 Å². The van der Waals surface area contributed by atoms with Gasteiger partial charge in [-0.2, -0.15) is 0 Å². The number of nitrogens with one attached hydrogen (secondary N) is 2. The lowest BCUT2D eigenvalue weighted by Gasteiger charge is -2.37. The fourth-order valence-electron chi connectivity index (χ4n) is 3.75. The molecule has 2 aliphatic rings. The van der Waals surface area contributed by atoms with Crippen LogP contribution in [0.5, 0.6) is 0 Å². The third-order valence-corrected chi connectivity index (χ3v) is 5.85. The van der Waals surface area contributed by atoms with Crippen LogP contribution in [0.25, 0.3) is 0 Å². The lowest BCUT2D eigenvalue weighted by Crippen LogP contribution is -2.59. The van der Waals surface area contributed by atoms with Crippen LogP contribution < -0.4 is 16.4 Å². The van der Waals surface area contributed by atoms with E-state index in [-0.39, 0.29) is 30.3 Å². The summed E-state index contributed by atoms with van der Waals surface area (Å²) in [5.74, 6) is -0.681. The summed E-state index contributed by atoms with van der Waals surface area (Å²) in [5, 5.41) is 5.59. The number of carbonyl (C=O) groups excluding carboxylic acids is 3. The van der Waals surface area contributed by atoms with Crippen molar-refractivity contribution in [2.75, 3.05) is 6.54 Å². The van der Waals surface area contributed by atoms with E-state index in [4.69, 9.17) is 5.73 Å². The van der Waals surface area contributed by atoms with Gasteiger partial charge in [-0.1, -0.05) is 48.0 Å². The van der Waals surface area contributed by atoms with Gasteiger partial charge in [0.2, 0.25) is 17.7 Å². The van der Waals surface area contributed by atoms with Crippen molar-refractivity contribution >= 4 is 33.7 Å². The van der Waals surface area contributed by atoms with Gasteiger partial charge in [0.1, 0.15) is 12.1 Å². The normalized spacial score (nSPS) is 23.4. The van der Waals surface area contributed by atoms with Crippen LogP contribution in [0, 0.1) is 0 Å². The summed E-state index contributed by atoms with van der Waals surface area (Å²) in [6.45, 7) is 4.25. The van der Waals surface area contributed by atoms with Crippen LogP contribution in [0.1, 0.15) is 45.1 Å². The number of fused-ring (bicyclic) bond motifs is 1. The van der Waals surface area contributed by atoms with Crippen molar-refractivity contribution in [3.8, 4) is 0 Å². The SMILES string of the molecule is CC.NCC(=O)N[C@H]1CCC2CC[C@@H](C(=O)NCc3ccccc3Br)N2C1=O. The molecule has 2 fully saturated rings. The molecular formula is C20H29BrN4O3. The minimum absolute atomic E-state index is 0.0766. The Bertz CT molecular complexity index is 712. The van der Waals surface area contributed by atoms with E-state index in [0.29, 0.717) is 19.4 Å². The summed E-state index contributed by atoms with van der Waals surface area (Å²) in [5.41, 5.74) is 6.30. The molecular weight excluding hydrogens is 424 g/mol. The smallest absolute Gasteiger partial charge is 0.246 e. The Hall–Kier alpha value is -1.93. The second kappa shape index (κ2) is 10.6. The average molecular weight is 453 g/mol. The molecule has 0 aromatic heterocycles. The lowest BCUT2D eigenvalue weighted by molar-refractivity contribution is -0.146. The van der Waals surface area contributed by atoms with Gasteiger partial charge in [0.15, 0.2) is 0 Å². The molecule has 8 heteroatoms. The van der Waals surface area contributed by atoms with Crippen LogP contribution in [-0.2, 0) is 20.9 Å². The molecule has 0 spiro atoms. The first-order valence-corrected chi connectivity index (χ1v) is 10.6. The molecule has 28 heavy (non-hydrogen) atoms. The summed E-state index contributed by atoms with van der Waals surface area (Å²) in [7, 11) is 0. The maximum Gasteiger partial charge on any atom is 0.246 e. The van der Waals surface area contributed by atoms with Crippen LogP contribution in [0.15, 0.2) is 28.7 Å². The van der Waals surface area contributed by atoms with E-state index in [2.05, 4.69) is 26.6 Å². The fraction of sp³-hybridized carbons (Fsp3) is 0.550. The Morgan fingerprint density at radius 1 is 1.18 bits per heavy atom. The van der Waals surface area contributed by atoms with Gasteiger partial charge >= 0.3 is 0 Å². The van der Waals surface area contributed by atoms with Crippen molar-refractivity contribution in [1.82, 2.24) is 15.5 Å². The summed E-state index contributed by atoms with van der Waals surface area (Å²) >= 11 is 3.47. The molecule has 0 saturated carbocycles. The molecule has 3 atom stereocenters. The molecule has 0 bridgehead atoms. The number of carbonyl (C=O) groups is 3. The second-order valence-electron chi connectivity index (χ2n) is 6.70. The zero-order valence-corrected chi connectivity index (χ0v) is 18.0. The number of benzene rings is 1. The first-order valence-electron chi connectivity index (χ1n) is 9.84. The monoisotopic (exact) mass is 452 g/mol. The van der Waals surface area contributed by atoms with Crippen molar-refractivity contribution in [1.29, 1.82) is 0 Å². The molecule has 3 rings (SSSR count). The van der Waals surface area contributed by atoms with E-state index in [1.165, 1.54) is 0 Å². The van der Waals surface area contributed by atoms with Crippen LogP contribution in [0.3, 0.4) is 0 Å². The highest BCUT2D eigenvalue weighted by atomic mass is 79.9. The van der Waals surface area contributed by atoms with Gasteiger partial charge in [-0.05, 0) is 37.3 Å². The van der Waals surface area contributed by atoms with Crippen molar-refractivity contribution < 1.29 is 14.4 Å². The van der Waals surface area contributed by atoms with E-state index in [0.717, 1.165) is 22.9 Å². The molecule has 2 saturated heterocycles. The number of rotatable bonds is 5. The lowest BCUT2D eigenvalue weighted by atomic mass is 9.98. The van der Waals surface area contributed by atoms with Crippen LogP contribution in [0.4, 0.5) is 0 Å². The number of nitrogens with two attached hydrogens (primary N) is 1. The third kappa shape index (κ3) is 5.11. The molecule has 154 valence electrons. The van der Waals surface area contributed by atoms with Crippen molar-refractivity contribution in [2.24, 2.45) is 5.73 Å². The van der Waals surface area contributed by atoms with Gasteiger partial charge in [0, 0.05) is 17.1 Å². The van der Waals surface area contributed by atoms with Gasteiger partial charge in [0.05, 0.1) is 6.54 Å². The number of piperidine rings is 1. The van der Waals surface area contributed by atoms with Crippen molar-refractivity contribution in [3.05, 3.63) is 34.3 Å². The van der Waals surface area contributed by atoms with E-state index in [9.17, 15) is 14.4 Å². The zero-order chi connectivity index (χ0) is 20.7. The summed E-state index contributed by atoms with van der Waals surface area (Å²) in [4.78, 5) is 38.7. The molecule has 1 unspecified atom stereocenters. The standard InChI is InChI=1S/C18H23BrN4O3.C2H6/c19-13-4-2-1-3-11(13)10-21-17(25)15-8-6-12-5-7-14(18(26)23(12)15)22-16(24)9-20;1-2/h1-4,12,14-15H,5-10,20H2,(H,21,25)(H,22,24);1-2H3/t12?,14-,15-;/m0./s1. The highest BCUT2D eigenvalue weighted by molar-refractivity contribution is 9.10. The Kier molecular flexibility index (Phi) is 8.44. The van der Waals surface area contributed by atoms with Gasteiger partial charge in [-0.3, -0.25) is 14.4 Å². The molecule has 3 amide bonds. The summed E-state index contributed by atoms with van der Waals surface area (Å²) in [6, 6.07) is 6.70. The molecule has 1 aromatic carbocycles. The van der Waals surface area contributed by atoms with Crippen LogP contribution >= 0.6 is 15.9 Å². The largest absolute Gasteiger partial charge is 0.350 e. The van der Waals surface area contributed by atoms with E-state index >= 15 is 0 Å². The highest BCUT2D eigenvalue weighted by Crippen LogP contribution is 2.32. The summed E-state index contributed by atoms with van der Waals surface area (Å²) in [6.07, 6.45) is 2.85. The highest BCUT2D eigenvalue weighted by Gasteiger charge is 2.46. The van der Waals surface area contributed by atoms with Gasteiger partial charge in [-0.25, -0.2) is 0 Å². The Morgan fingerprint density at radius 2 is 1.86 bits per heavy atom. The first-order chi connectivity index (χ1) is 13.5. The fourth-order valence-corrected chi connectivity index (χ4v) is 4.17. The maximum absolute atomic E-state index is 12.8. The average Bonchev–Trinajstić information content (AvgIpc) is 3.15. The van der Waals surface area contributed by atoms with Gasteiger partial charge in [-0.15, -0.1) is 0 Å². The number of halogens is 1. The van der Waals surface area contributed by atoms with Crippen LogP contribution in [0.2, 0.25) is 0 Å². The topological polar surface area (TPSA) is 105 Å². The van der Waals surface area contributed by atoms with Gasteiger partial charge < -0.3 is 21.3 Å². The molecule has 1 aromatic rings. The number of hydrogen-bond donors (Lipinski definition) is 3. The molecule has 7 nitrogen and oxygen atoms in total. The number of hydrogen-bond acceptors (Lipinski definition) is 4. The van der Waals surface area contributed by atoms with Gasteiger partial charge in [0.25, 0.3) is 0 Å². The molecule has 4 N–H and O–H groups in total. The molecule has 2 heterocycles. The second-order valence-corrected chi connectivity index (χ2v) is 7.56. The van der Waals surface area contributed by atoms with Crippen molar-refractivity contribution in [3.63, 3.8) is 0 Å².